The maximum absolute atomic E-state index is 10.6. The second-order valence-corrected chi connectivity index (χ2v) is 3.75. The number of hydrogen-bond donors (Lipinski definition) is 0. The average Bonchev–Trinajstić information content (AvgIpc) is 2.34. The lowest BCUT2D eigenvalue weighted by atomic mass is 10.2. The van der Waals surface area contributed by atoms with Crippen molar-refractivity contribution >= 4 is 6.29 Å². The Bertz CT molecular complexity index is 536. The number of carbonyl (C=O) groups excluding carboxylic acids is 1. The van der Waals surface area contributed by atoms with E-state index in [4.69, 9.17) is 4.74 Å². The largest absolute Gasteiger partial charge is 0.437 e. The minimum Gasteiger partial charge on any atom is -0.437 e. The minimum absolute atomic E-state index is 0.487. The second-order valence-electron chi connectivity index (χ2n) is 3.75. The molecule has 0 radical (unpaired) electrons. The van der Waals surface area contributed by atoms with E-state index in [0.717, 1.165) is 17.5 Å². The zero-order valence-corrected chi connectivity index (χ0v) is 9.68. The molecule has 2 aromatic rings. The van der Waals surface area contributed by atoms with Gasteiger partial charge in [-0.3, -0.25) is 9.78 Å². The van der Waals surface area contributed by atoms with Crippen LogP contribution in [-0.4, -0.2) is 16.3 Å². The lowest BCUT2D eigenvalue weighted by Crippen LogP contribution is -1.94. The van der Waals surface area contributed by atoms with Crippen molar-refractivity contribution in [2.75, 3.05) is 0 Å². The van der Waals surface area contributed by atoms with E-state index >= 15 is 0 Å². The molecule has 0 aliphatic rings. The first-order chi connectivity index (χ1) is 8.19. The Labute approximate surface area is 99.3 Å². The molecule has 0 atom stereocenters. The number of aldehydes is 1. The number of nitrogens with zero attached hydrogens (tertiary/aromatic N) is 2. The van der Waals surface area contributed by atoms with E-state index in [1.165, 1.54) is 6.20 Å². The quantitative estimate of drug-likeness (QED) is 0.758. The molecule has 0 aromatic carbocycles. The van der Waals surface area contributed by atoms with Gasteiger partial charge in [-0.15, -0.1) is 0 Å². The van der Waals surface area contributed by atoms with Crippen LogP contribution in [0.4, 0.5) is 0 Å². The number of hydrogen-bond acceptors (Lipinski definition) is 4. The predicted molar refractivity (Wildman–Crippen MR) is 63.4 cm³/mol. The zero-order valence-electron chi connectivity index (χ0n) is 9.68. The Morgan fingerprint density at radius 2 is 2.00 bits per heavy atom. The number of aryl methyl sites for hydroxylation is 2. The van der Waals surface area contributed by atoms with Gasteiger partial charge in [0.25, 0.3) is 0 Å². The fraction of sp³-hybridized carbons (Fsp3) is 0.154. The van der Waals surface area contributed by atoms with Gasteiger partial charge in [-0.05, 0) is 32.0 Å². The SMILES string of the molecule is Cc1ccc(Oc2ncc(C=O)cc2C)cn1. The molecule has 0 saturated heterocycles. The lowest BCUT2D eigenvalue weighted by molar-refractivity contribution is 0.112. The summed E-state index contributed by atoms with van der Waals surface area (Å²) >= 11 is 0. The monoisotopic (exact) mass is 228 g/mol. The smallest absolute Gasteiger partial charge is 0.222 e. The van der Waals surface area contributed by atoms with Crippen molar-refractivity contribution in [1.29, 1.82) is 0 Å². The van der Waals surface area contributed by atoms with Crippen LogP contribution >= 0.6 is 0 Å². The summed E-state index contributed by atoms with van der Waals surface area (Å²) in [7, 11) is 0. The van der Waals surface area contributed by atoms with Crippen molar-refractivity contribution in [2.24, 2.45) is 0 Å². The Hall–Kier alpha value is -2.23. The predicted octanol–water partition coefficient (Wildman–Crippen LogP) is 2.70. The van der Waals surface area contributed by atoms with E-state index < -0.39 is 0 Å². The van der Waals surface area contributed by atoms with Crippen molar-refractivity contribution in [3.05, 3.63) is 47.4 Å². The van der Waals surface area contributed by atoms with Gasteiger partial charge < -0.3 is 4.74 Å². The van der Waals surface area contributed by atoms with Crippen LogP contribution in [0.2, 0.25) is 0 Å². The Balaban J connectivity index is 2.24. The molecule has 0 spiro atoms. The van der Waals surface area contributed by atoms with Crippen molar-refractivity contribution in [3.8, 4) is 11.6 Å². The molecule has 0 amide bonds. The van der Waals surface area contributed by atoms with Crippen LogP contribution in [0.25, 0.3) is 0 Å². The molecule has 2 heterocycles. The number of ether oxygens (including phenoxy) is 1. The number of carbonyl (C=O) groups is 1. The highest BCUT2D eigenvalue weighted by Crippen LogP contribution is 2.22. The molecule has 2 aromatic heterocycles. The third kappa shape index (κ3) is 2.66. The second kappa shape index (κ2) is 4.74. The van der Waals surface area contributed by atoms with Gasteiger partial charge in [0.1, 0.15) is 5.75 Å². The van der Waals surface area contributed by atoms with E-state index in [0.29, 0.717) is 17.2 Å². The Morgan fingerprint density at radius 3 is 2.59 bits per heavy atom. The number of pyridine rings is 2. The summed E-state index contributed by atoms with van der Waals surface area (Å²) in [5, 5.41) is 0. The van der Waals surface area contributed by atoms with Crippen LogP contribution in [0.1, 0.15) is 21.6 Å². The molecule has 0 aliphatic heterocycles. The molecule has 0 saturated carbocycles. The Kier molecular flexibility index (Phi) is 3.14. The fourth-order valence-corrected chi connectivity index (χ4v) is 1.38. The van der Waals surface area contributed by atoms with Crippen LogP contribution in [0, 0.1) is 13.8 Å². The highest BCUT2D eigenvalue weighted by atomic mass is 16.5. The number of aromatic nitrogens is 2. The van der Waals surface area contributed by atoms with E-state index in [1.807, 2.05) is 26.0 Å². The van der Waals surface area contributed by atoms with Crippen molar-refractivity contribution in [1.82, 2.24) is 9.97 Å². The maximum atomic E-state index is 10.6. The topological polar surface area (TPSA) is 52.1 Å². The highest BCUT2D eigenvalue weighted by molar-refractivity contribution is 5.74. The summed E-state index contributed by atoms with van der Waals surface area (Å²) in [5.41, 5.74) is 2.28. The first-order valence-corrected chi connectivity index (χ1v) is 5.21. The van der Waals surface area contributed by atoms with Gasteiger partial charge in [0.05, 0.1) is 6.20 Å². The van der Waals surface area contributed by atoms with E-state index in [2.05, 4.69) is 9.97 Å². The maximum Gasteiger partial charge on any atom is 0.222 e. The third-order valence-electron chi connectivity index (χ3n) is 2.29. The van der Waals surface area contributed by atoms with Crippen LogP contribution in [-0.2, 0) is 0 Å². The van der Waals surface area contributed by atoms with Crippen molar-refractivity contribution in [2.45, 2.75) is 13.8 Å². The van der Waals surface area contributed by atoms with Gasteiger partial charge in [-0.1, -0.05) is 0 Å². The highest BCUT2D eigenvalue weighted by Gasteiger charge is 2.04. The van der Waals surface area contributed by atoms with Crippen LogP contribution < -0.4 is 4.74 Å². The zero-order chi connectivity index (χ0) is 12.3. The van der Waals surface area contributed by atoms with Crippen LogP contribution in [0.3, 0.4) is 0 Å². The average molecular weight is 228 g/mol. The number of rotatable bonds is 3. The molecule has 2 rings (SSSR count). The third-order valence-corrected chi connectivity index (χ3v) is 2.29. The van der Waals surface area contributed by atoms with E-state index in [9.17, 15) is 4.79 Å². The molecule has 4 nitrogen and oxygen atoms in total. The van der Waals surface area contributed by atoms with Gasteiger partial charge in [-0.2, -0.15) is 0 Å². The normalized spacial score (nSPS) is 10.0. The molecule has 0 unspecified atom stereocenters. The molecule has 86 valence electrons. The van der Waals surface area contributed by atoms with Crippen molar-refractivity contribution in [3.63, 3.8) is 0 Å². The summed E-state index contributed by atoms with van der Waals surface area (Å²) in [6, 6.07) is 5.43. The summed E-state index contributed by atoms with van der Waals surface area (Å²) in [4.78, 5) is 18.8. The van der Waals surface area contributed by atoms with E-state index in [-0.39, 0.29) is 0 Å². The molecule has 4 heteroatoms. The first-order valence-electron chi connectivity index (χ1n) is 5.21. The summed E-state index contributed by atoms with van der Waals surface area (Å²) in [6.07, 6.45) is 3.89. The van der Waals surface area contributed by atoms with Gasteiger partial charge in [0.2, 0.25) is 5.88 Å². The molecular formula is C13H12N2O2. The molecule has 0 bridgehead atoms. The molecule has 17 heavy (non-hydrogen) atoms. The molecule has 0 fully saturated rings. The molecular weight excluding hydrogens is 216 g/mol. The van der Waals surface area contributed by atoms with Crippen molar-refractivity contribution < 1.29 is 9.53 Å². The summed E-state index contributed by atoms with van der Waals surface area (Å²) < 4.78 is 5.57. The standard InChI is InChI=1S/C13H12N2O2/c1-9-5-11(8-16)6-15-13(9)17-12-4-3-10(2)14-7-12/h3-8H,1-2H3. The summed E-state index contributed by atoms with van der Waals surface area (Å²) in [6.45, 7) is 3.75. The Morgan fingerprint density at radius 1 is 1.18 bits per heavy atom. The first kappa shape index (κ1) is 11.3. The van der Waals surface area contributed by atoms with Gasteiger partial charge in [0.15, 0.2) is 6.29 Å². The minimum atomic E-state index is 0.487. The van der Waals surface area contributed by atoms with E-state index in [1.54, 1.807) is 12.3 Å². The molecule has 0 aliphatic carbocycles. The van der Waals surface area contributed by atoms with Crippen LogP contribution in [0.5, 0.6) is 11.6 Å². The fourth-order valence-electron chi connectivity index (χ4n) is 1.38. The molecule has 0 N–H and O–H groups in total. The van der Waals surface area contributed by atoms with Gasteiger partial charge >= 0.3 is 0 Å². The lowest BCUT2D eigenvalue weighted by Gasteiger charge is -2.07. The van der Waals surface area contributed by atoms with Gasteiger partial charge in [-0.25, -0.2) is 4.98 Å². The van der Waals surface area contributed by atoms with Crippen LogP contribution in [0.15, 0.2) is 30.6 Å². The van der Waals surface area contributed by atoms with Gasteiger partial charge in [0, 0.05) is 23.0 Å². The summed E-state index contributed by atoms with van der Waals surface area (Å²) in [5.74, 6) is 1.12.